The standard InChI is InChI=1S/C17H24FNO2/c18-15-9-6-14(7-10-15)8-11-17(20)19-12-3-13-21-16-4-1-2-5-16/h6-7,9-10,16H,1-5,8,11-13H2,(H,19,20). The number of halogens is 1. The van der Waals surface area contributed by atoms with Crippen molar-refractivity contribution < 1.29 is 13.9 Å². The maximum absolute atomic E-state index is 12.7. The minimum Gasteiger partial charge on any atom is -0.378 e. The van der Waals surface area contributed by atoms with Gasteiger partial charge in [-0.15, -0.1) is 0 Å². The number of ether oxygens (including phenoxy) is 1. The third kappa shape index (κ3) is 6.25. The van der Waals surface area contributed by atoms with Gasteiger partial charge in [0.15, 0.2) is 0 Å². The first kappa shape index (κ1) is 16.0. The Balaban J connectivity index is 1.50. The average Bonchev–Trinajstić information content (AvgIpc) is 2.99. The van der Waals surface area contributed by atoms with E-state index in [9.17, 15) is 9.18 Å². The smallest absolute Gasteiger partial charge is 0.220 e. The quantitative estimate of drug-likeness (QED) is 0.747. The van der Waals surface area contributed by atoms with E-state index in [1.807, 2.05) is 0 Å². The topological polar surface area (TPSA) is 38.3 Å². The van der Waals surface area contributed by atoms with Crippen LogP contribution in [-0.2, 0) is 16.0 Å². The molecule has 0 heterocycles. The number of carbonyl (C=O) groups excluding carboxylic acids is 1. The van der Waals surface area contributed by atoms with Gasteiger partial charge in [0.25, 0.3) is 0 Å². The number of hydrogen-bond acceptors (Lipinski definition) is 2. The van der Waals surface area contributed by atoms with E-state index < -0.39 is 0 Å². The maximum Gasteiger partial charge on any atom is 0.220 e. The number of amides is 1. The second kappa shape index (κ2) is 8.78. The lowest BCUT2D eigenvalue weighted by atomic mass is 10.1. The molecule has 1 amide bonds. The van der Waals surface area contributed by atoms with Gasteiger partial charge < -0.3 is 10.1 Å². The van der Waals surface area contributed by atoms with Crippen LogP contribution >= 0.6 is 0 Å². The predicted molar refractivity (Wildman–Crippen MR) is 80.6 cm³/mol. The first-order valence-electron chi connectivity index (χ1n) is 7.87. The Kier molecular flexibility index (Phi) is 6.67. The van der Waals surface area contributed by atoms with E-state index in [0.717, 1.165) is 18.6 Å². The monoisotopic (exact) mass is 293 g/mol. The molecule has 0 aromatic heterocycles. The Morgan fingerprint density at radius 1 is 1.24 bits per heavy atom. The van der Waals surface area contributed by atoms with Crippen molar-refractivity contribution in [2.45, 2.75) is 51.0 Å². The number of aryl methyl sites for hydroxylation is 1. The molecule has 0 bridgehead atoms. The molecule has 21 heavy (non-hydrogen) atoms. The summed E-state index contributed by atoms with van der Waals surface area (Å²) in [6.07, 6.45) is 7.32. The van der Waals surface area contributed by atoms with Gasteiger partial charge in [-0.25, -0.2) is 4.39 Å². The molecule has 1 aliphatic carbocycles. The largest absolute Gasteiger partial charge is 0.378 e. The summed E-state index contributed by atoms with van der Waals surface area (Å²) in [4.78, 5) is 11.7. The van der Waals surface area contributed by atoms with Crippen molar-refractivity contribution in [3.8, 4) is 0 Å². The first-order chi connectivity index (χ1) is 10.2. The van der Waals surface area contributed by atoms with E-state index in [1.54, 1.807) is 12.1 Å². The molecule has 1 N–H and O–H groups in total. The Hall–Kier alpha value is -1.42. The van der Waals surface area contributed by atoms with E-state index in [4.69, 9.17) is 4.74 Å². The van der Waals surface area contributed by atoms with Crippen molar-refractivity contribution in [2.24, 2.45) is 0 Å². The van der Waals surface area contributed by atoms with Crippen LogP contribution in [0.3, 0.4) is 0 Å². The fourth-order valence-electron chi connectivity index (χ4n) is 2.60. The Morgan fingerprint density at radius 2 is 1.95 bits per heavy atom. The minimum absolute atomic E-state index is 0.0418. The van der Waals surface area contributed by atoms with Crippen molar-refractivity contribution in [1.82, 2.24) is 5.32 Å². The van der Waals surface area contributed by atoms with Crippen LogP contribution in [-0.4, -0.2) is 25.2 Å². The van der Waals surface area contributed by atoms with Gasteiger partial charge in [-0.1, -0.05) is 25.0 Å². The van der Waals surface area contributed by atoms with Crippen LogP contribution in [0.15, 0.2) is 24.3 Å². The minimum atomic E-state index is -0.245. The molecule has 0 radical (unpaired) electrons. The molecule has 1 fully saturated rings. The highest BCUT2D eigenvalue weighted by Crippen LogP contribution is 2.20. The molecule has 1 aromatic carbocycles. The summed E-state index contributed by atoms with van der Waals surface area (Å²) in [7, 11) is 0. The lowest BCUT2D eigenvalue weighted by Crippen LogP contribution is -2.25. The zero-order valence-electron chi connectivity index (χ0n) is 12.4. The zero-order valence-corrected chi connectivity index (χ0v) is 12.4. The normalized spacial score (nSPS) is 15.3. The zero-order chi connectivity index (χ0) is 14.9. The summed E-state index contributed by atoms with van der Waals surface area (Å²) >= 11 is 0. The lowest BCUT2D eigenvalue weighted by molar-refractivity contribution is -0.121. The highest BCUT2D eigenvalue weighted by atomic mass is 19.1. The number of hydrogen-bond donors (Lipinski definition) is 1. The number of benzene rings is 1. The number of carbonyl (C=O) groups is 1. The van der Waals surface area contributed by atoms with E-state index in [2.05, 4.69) is 5.32 Å². The molecule has 0 saturated heterocycles. The third-order valence-electron chi connectivity index (χ3n) is 3.85. The summed E-state index contributed by atoms with van der Waals surface area (Å²) in [6, 6.07) is 6.29. The first-order valence-corrected chi connectivity index (χ1v) is 7.87. The third-order valence-corrected chi connectivity index (χ3v) is 3.85. The van der Waals surface area contributed by atoms with Crippen LogP contribution in [0.1, 0.15) is 44.1 Å². The van der Waals surface area contributed by atoms with Crippen LogP contribution in [0, 0.1) is 5.82 Å². The summed E-state index contributed by atoms with van der Waals surface area (Å²) in [5.41, 5.74) is 0.983. The highest BCUT2D eigenvalue weighted by Gasteiger charge is 2.14. The fraction of sp³-hybridized carbons (Fsp3) is 0.588. The highest BCUT2D eigenvalue weighted by molar-refractivity contribution is 5.76. The van der Waals surface area contributed by atoms with E-state index in [0.29, 0.717) is 25.5 Å². The van der Waals surface area contributed by atoms with Gasteiger partial charge in [0.2, 0.25) is 5.91 Å². The van der Waals surface area contributed by atoms with Gasteiger partial charge >= 0.3 is 0 Å². The van der Waals surface area contributed by atoms with Crippen molar-refractivity contribution >= 4 is 5.91 Å². The van der Waals surface area contributed by atoms with Crippen molar-refractivity contribution in [3.05, 3.63) is 35.6 Å². The number of nitrogens with one attached hydrogen (secondary N) is 1. The van der Waals surface area contributed by atoms with E-state index >= 15 is 0 Å². The lowest BCUT2D eigenvalue weighted by Gasteiger charge is -2.11. The SMILES string of the molecule is O=C(CCc1ccc(F)cc1)NCCCOC1CCCC1. The Morgan fingerprint density at radius 3 is 2.67 bits per heavy atom. The molecule has 4 heteroatoms. The summed E-state index contributed by atoms with van der Waals surface area (Å²) in [6.45, 7) is 1.39. The maximum atomic E-state index is 12.7. The van der Waals surface area contributed by atoms with Crippen molar-refractivity contribution in [1.29, 1.82) is 0 Å². The molecule has 1 aromatic rings. The van der Waals surface area contributed by atoms with Gasteiger partial charge in [0.1, 0.15) is 5.82 Å². The Labute approximate surface area is 125 Å². The Bertz CT molecular complexity index is 427. The van der Waals surface area contributed by atoms with Crippen LogP contribution < -0.4 is 5.32 Å². The number of rotatable bonds is 8. The molecule has 1 aliphatic rings. The molecule has 0 aliphatic heterocycles. The van der Waals surface area contributed by atoms with Crippen molar-refractivity contribution in [3.63, 3.8) is 0 Å². The van der Waals surface area contributed by atoms with Gasteiger partial charge in [0.05, 0.1) is 6.10 Å². The molecular weight excluding hydrogens is 269 g/mol. The summed E-state index contributed by atoms with van der Waals surface area (Å²) < 4.78 is 18.5. The molecule has 2 rings (SSSR count). The molecule has 116 valence electrons. The van der Waals surface area contributed by atoms with Gasteiger partial charge in [-0.3, -0.25) is 4.79 Å². The average molecular weight is 293 g/mol. The molecule has 1 saturated carbocycles. The summed E-state index contributed by atoms with van der Waals surface area (Å²) in [5.74, 6) is -0.203. The molecule has 0 spiro atoms. The van der Waals surface area contributed by atoms with Crippen LogP contribution in [0.2, 0.25) is 0 Å². The second-order valence-corrected chi connectivity index (χ2v) is 5.61. The van der Waals surface area contributed by atoms with Crippen LogP contribution in [0.4, 0.5) is 4.39 Å². The molecular formula is C17H24FNO2. The van der Waals surface area contributed by atoms with E-state index in [-0.39, 0.29) is 11.7 Å². The van der Waals surface area contributed by atoms with Crippen LogP contribution in [0.5, 0.6) is 0 Å². The van der Waals surface area contributed by atoms with Crippen molar-refractivity contribution in [2.75, 3.05) is 13.2 Å². The summed E-state index contributed by atoms with van der Waals surface area (Å²) in [5, 5.41) is 2.90. The van der Waals surface area contributed by atoms with Gasteiger partial charge in [-0.05, 0) is 43.4 Å². The fourth-order valence-corrected chi connectivity index (χ4v) is 2.60. The molecule has 0 atom stereocenters. The van der Waals surface area contributed by atoms with E-state index in [1.165, 1.54) is 37.8 Å². The van der Waals surface area contributed by atoms with Crippen LogP contribution in [0.25, 0.3) is 0 Å². The van der Waals surface area contributed by atoms with Gasteiger partial charge in [0, 0.05) is 19.6 Å². The van der Waals surface area contributed by atoms with Gasteiger partial charge in [-0.2, -0.15) is 0 Å². The predicted octanol–water partition coefficient (Wildman–Crippen LogP) is 3.22. The second-order valence-electron chi connectivity index (χ2n) is 5.61. The molecule has 0 unspecified atom stereocenters. The molecule has 3 nitrogen and oxygen atoms in total.